The largest absolute Gasteiger partial charge is 0.487 e. The molecule has 2 aliphatic rings. The van der Waals surface area contributed by atoms with Gasteiger partial charge in [-0.3, -0.25) is 14.7 Å². The van der Waals surface area contributed by atoms with Crippen molar-refractivity contribution in [3.05, 3.63) is 41.6 Å². The zero-order valence-electron chi connectivity index (χ0n) is 23.8. The van der Waals surface area contributed by atoms with Crippen LogP contribution in [-0.2, 0) is 20.7 Å². The third-order valence-electron chi connectivity index (χ3n) is 7.06. The minimum Gasteiger partial charge on any atom is -0.487 e. The van der Waals surface area contributed by atoms with Crippen LogP contribution in [0.25, 0.3) is 0 Å². The lowest BCUT2D eigenvalue weighted by atomic mass is 10.1. The number of carbonyl (C=O) groups excluding carboxylic acids is 2. The number of nitrogens with zero attached hydrogens (tertiary/aromatic N) is 5. The number of methoxy groups -OCH3 is 1. The third kappa shape index (κ3) is 7.56. The van der Waals surface area contributed by atoms with Gasteiger partial charge in [0.25, 0.3) is 0 Å². The first-order valence-electron chi connectivity index (χ1n) is 14.1. The molecule has 1 saturated heterocycles. The fraction of sp³-hybridized carbons (Fsp3) is 0.483. The Morgan fingerprint density at radius 2 is 1.88 bits per heavy atom. The lowest BCUT2D eigenvalue weighted by Crippen LogP contribution is -2.49. The van der Waals surface area contributed by atoms with Crippen LogP contribution in [0.2, 0.25) is 0 Å². The number of hydrogen-bond donors (Lipinski definition) is 2. The molecule has 2 aromatic heterocycles. The molecule has 3 aromatic rings. The highest BCUT2D eigenvalue weighted by atomic mass is 32.2. The summed E-state index contributed by atoms with van der Waals surface area (Å²) in [5.74, 6) is 3.05. The Kier molecular flexibility index (Phi) is 9.40. The van der Waals surface area contributed by atoms with E-state index in [-0.39, 0.29) is 11.8 Å². The van der Waals surface area contributed by atoms with Crippen LogP contribution in [0, 0.1) is 12.8 Å². The van der Waals surface area contributed by atoms with E-state index >= 15 is 0 Å². The number of ether oxygens (including phenoxy) is 2. The minimum absolute atomic E-state index is 0.0917. The number of Topliss-reactive ketones (excluding diaryl/α,β-unsaturated/α-hetero) is 1. The Bertz CT molecular complexity index is 1350. The summed E-state index contributed by atoms with van der Waals surface area (Å²) >= 11 is 1.45. The maximum Gasteiger partial charge on any atom is 0.225 e. The van der Waals surface area contributed by atoms with Gasteiger partial charge in [0.15, 0.2) is 22.6 Å². The van der Waals surface area contributed by atoms with E-state index in [9.17, 15) is 9.59 Å². The molecular formula is C29H37N7O4S. The molecule has 0 atom stereocenters. The molecule has 1 aromatic carbocycles. The van der Waals surface area contributed by atoms with E-state index < -0.39 is 0 Å². The maximum atomic E-state index is 12.5. The van der Waals surface area contributed by atoms with Gasteiger partial charge in [-0.15, -0.1) is 0 Å². The van der Waals surface area contributed by atoms with Crippen molar-refractivity contribution in [2.45, 2.75) is 49.6 Å². The number of carbonyl (C=O) groups is 2. The van der Waals surface area contributed by atoms with Crippen molar-refractivity contribution in [1.82, 2.24) is 25.1 Å². The first kappa shape index (κ1) is 28.9. The number of rotatable bonds is 13. The average Bonchev–Trinajstić information content (AvgIpc) is 3.76. The van der Waals surface area contributed by atoms with Crippen LogP contribution in [0.5, 0.6) is 5.75 Å². The number of aromatic nitrogens is 4. The van der Waals surface area contributed by atoms with Crippen LogP contribution >= 0.6 is 11.8 Å². The maximum absolute atomic E-state index is 12.5. The zero-order valence-corrected chi connectivity index (χ0v) is 24.6. The Labute approximate surface area is 244 Å². The van der Waals surface area contributed by atoms with Gasteiger partial charge in [0, 0.05) is 62.3 Å². The van der Waals surface area contributed by atoms with Gasteiger partial charge in [0.05, 0.1) is 19.6 Å². The third-order valence-corrected chi connectivity index (χ3v) is 7.94. The minimum atomic E-state index is 0.0917. The van der Waals surface area contributed by atoms with E-state index in [4.69, 9.17) is 19.4 Å². The lowest BCUT2D eigenvalue weighted by Gasteiger charge is -2.36. The number of aromatic amines is 1. The van der Waals surface area contributed by atoms with Crippen LogP contribution in [0.15, 0.2) is 40.4 Å². The summed E-state index contributed by atoms with van der Waals surface area (Å²) in [5.41, 5.74) is 1.94. The van der Waals surface area contributed by atoms with Gasteiger partial charge in [0.2, 0.25) is 11.7 Å². The SMILES string of the molecule is CCOc1c(Nc2cc(C)[nH]n2)nc(Sc2ccc(CC(=O)C3CC3)cc2)nc1N1CCN(C(=O)CCOC)CC1. The smallest absolute Gasteiger partial charge is 0.225 e. The number of nitrogens with one attached hydrogen (secondary N) is 2. The second-order valence-electron chi connectivity index (χ2n) is 10.3. The summed E-state index contributed by atoms with van der Waals surface area (Å²) < 4.78 is 11.2. The molecule has 1 saturated carbocycles. The highest BCUT2D eigenvalue weighted by Gasteiger charge is 2.29. The Balaban J connectivity index is 1.39. The standard InChI is InChI=1S/C29H37N7O4S/c1-4-40-26-27(30-24-17-19(2)33-34-24)31-29(41-22-9-5-20(6-10-22)18-23(37)21-7-8-21)32-28(26)36-14-12-35(13-15-36)25(38)11-16-39-3/h5-6,9-10,17,21H,4,7-8,11-16,18H2,1-3H3,(H2,30,31,32,33,34). The number of amides is 1. The Morgan fingerprint density at radius 1 is 1.12 bits per heavy atom. The van der Waals surface area contributed by atoms with E-state index in [1.54, 1.807) is 7.11 Å². The summed E-state index contributed by atoms with van der Waals surface area (Å²) in [5, 5.41) is 11.1. The quantitative estimate of drug-likeness (QED) is 0.287. The summed E-state index contributed by atoms with van der Waals surface area (Å²) in [6.45, 7) is 7.12. The van der Waals surface area contributed by atoms with Crippen molar-refractivity contribution in [3.8, 4) is 5.75 Å². The van der Waals surface area contributed by atoms with Crippen molar-refractivity contribution in [2.75, 3.05) is 56.7 Å². The number of aryl methyl sites for hydroxylation is 1. The zero-order chi connectivity index (χ0) is 28.8. The molecule has 5 rings (SSSR count). The van der Waals surface area contributed by atoms with Crippen LogP contribution in [-0.4, -0.2) is 83.3 Å². The van der Waals surface area contributed by atoms with Gasteiger partial charge in [-0.2, -0.15) is 5.10 Å². The fourth-order valence-corrected chi connectivity index (χ4v) is 5.44. The van der Waals surface area contributed by atoms with E-state index in [0.29, 0.717) is 86.4 Å². The molecule has 12 heteroatoms. The molecule has 2 N–H and O–H groups in total. The van der Waals surface area contributed by atoms with E-state index in [1.165, 1.54) is 11.8 Å². The number of piperazine rings is 1. The topological polar surface area (TPSA) is 126 Å². The van der Waals surface area contributed by atoms with Gasteiger partial charge in [-0.1, -0.05) is 12.1 Å². The highest BCUT2D eigenvalue weighted by Crippen LogP contribution is 2.39. The summed E-state index contributed by atoms with van der Waals surface area (Å²) in [6, 6.07) is 9.92. The first-order valence-corrected chi connectivity index (χ1v) is 14.9. The second kappa shape index (κ2) is 13.3. The van der Waals surface area contributed by atoms with Crippen molar-refractivity contribution >= 4 is 40.9 Å². The number of ketones is 1. The van der Waals surface area contributed by atoms with Crippen LogP contribution in [0.4, 0.5) is 17.5 Å². The predicted octanol–water partition coefficient (Wildman–Crippen LogP) is 4.01. The summed E-state index contributed by atoms with van der Waals surface area (Å²) in [7, 11) is 1.60. The van der Waals surface area contributed by atoms with Crippen LogP contribution in [0.1, 0.15) is 37.4 Å². The van der Waals surface area contributed by atoms with E-state index in [1.807, 2.05) is 49.1 Å². The van der Waals surface area contributed by atoms with E-state index in [2.05, 4.69) is 20.4 Å². The monoisotopic (exact) mass is 579 g/mol. The molecule has 1 aliphatic heterocycles. The first-order chi connectivity index (χ1) is 19.9. The summed E-state index contributed by atoms with van der Waals surface area (Å²) in [4.78, 5) is 39.5. The molecule has 2 fully saturated rings. The molecular weight excluding hydrogens is 542 g/mol. The number of H-pyrrole nitrogens is 1. The molecule has 0 bridgehead atoms. The van der Waals surface area contributed by atoms with Crippen LogP contribution < -0.4 is 15.0 Å². The second-order valence-corrected chi connectivity index (χ2v) is 11.3. The Hall–Kier alpha value is -3.64. The van der Waals surface area contributed by atoms with Crippen LogP contribution in [0.3, 0.4) is 0 Å². The highest BCUT2D eigenvalue weighted by molar-refractivity contribution is 7.99. The average molecular weight is 580 g/mol. The molecule has 1 amide bonds. The number of benzene rings is 1. The van der Waals surface area contributed by atoms with Gasteiger partial charge < -0.3 is 24.6 Å². The van der Waals surface area contributed by atoms with Gasteiger partial charge in [0.1, 0.15) is 5.78 Å². The molecule has 11 nitrogen and oxygen atoms in total. The molecule has 0 radical (unpaired) electrons. The van der Waals surface area contributed by atoms with Gasteiger partial charge in [-0.25, -0.2) is 9.97 Å². The number of hydrogen-bond acceptors (Lipinski definition) is 10. The molecule has 0 spiro atoms. The van der Waals surface area contributed by atoms with Gasteiger partial charge >= 0.3 is 0 Å². The Morgan fingerprint density at radius 3 is 2.51 bits per heavy atom. The summed E-state index contributed by atoms with van der Waals surface area (Å²) in [6.07, 6.45) is 2.91. The van der Waals surface area contributed by atoms with Crippen molar-refractivity contribution in [2.24, 2.45) is 5.92 Å². The predicted molar refractivity (Wildman–Crippen MR) is 157 cm³/mol. The van der Waals surface area contributed by atoms with Crippen molar-refractivity contribution < 1.29 is 19.1 Å². The molecule has 0 unspecified atom stereocenters. The molecule has 41 heavy (non-hydrogen) atoms. The lowest BCUT2D eigenvalue weighted by molar-refractivity contribution is -0.132. The van der Waals surface area contributed by atoms with Crippen molar-refractivity contribution in [3.63, 3.8) is 0 Å². The fourth-order valence-electron chi connectivity index (χ4n) is 4.69. The molecule has 1 aliphatic carbocycles. The molecule has 3 heterocycles. The van der Waals surface area contributed by atoms with Gasteiger partial charge in [-0.05, 0) is 56.1 Å². The van der Waals surface area contributed by atoms with Crippen molar-refractivity contribution in [1.29, 1.82) is 0 Å². The normalized spacial score (nSPS) is 15.2. The van der Waals surface area contributed by atoms with E-state index in [0.717, 1.165) is 29.0 Å². The molecule has 218 valence electrons. The number of anilines is 3.